The van der Waals surface area contributed by atoms with E-state index in [0.29, 0.717) is 24.2 Å². The zero-order valence-electron chi connectivity index (χ0n) is 10.7. The summed E-state index contributed by atoms with van der Waals surface area (Å²) in [6, 6.07) is 3.54. The lowest BCUT2D eigenvalue weighted by atomic mass is 10.3. The Labute approximate surface area is 110 Å². The zero-order chi connectivity index (χ0) is 13.7. The normalized spacial score (nSPS) is 10.2. The number of nitrogens with one attached hydrogen (secondary N) is 1. The summed E-state index contributed by atoms with van der Waals surface area (Å²) in [7, 11) is 0. The van der Waals surface area contributed by atoms with Gasteiger partial charge in [-0.2, -0.15) is 4.98 Å². The highest BCUT2D eigenvalue weighted by atomic mass is 16.5. The number of hydrogen-bond donors (Lipinski definition) is 1. The Morgan fingerprint density at radius 1 is 1.47 bits per heavy atom. The number of aromatic nitrogens is 3. The van der Waals surface area contributed by atoms with Gasteiger partial charge in [-0.25, -0.2) is 4.98 Å². The Hall–Kier alpha value is -2.44. The number of carbonyl (C=O) groups excluding carboxylic acids is 1. The lowest BCUT2D eigenvalue weighted by Gasteiger charge is -2.00. The molecular weight excluding hydrogens is 248 g/mol. The van der Waals surface area contributed by atoms with Gasteiger partial charge in [-0.3, -0.25) is 4.79 Å². The van der Waals surface area contributed by atoms with Crippen molar-refractivity contribution in [2.75, 3.05) is 6.61 Å². The van der Waals surface area contributed by atoms with E-state index in [2.05, 4.69) is 20.4 Å². The van der Waals surface area contributed by atoms with E-state index in [-0.39, 0.29) is 12.5 Å². The van der Waals surface area contributed by atoms with E-state index in [1.54, 1.807) is 18.3 Å². The number of nitrogens with zero attached hydrogens (tertiary/aromatic N) is 3. The Bertz CT molecular complexity index is 550. The minimum Gasteiger partial charge on any atom is -0.478 e. The summed E-state index contributed by atoms with van der Waals surface area (Å²) in [5, 5.41) is 6.40. The van der Waals surface area contributed by atoms with Crippen LogP contribution in [0.3, 0.4) is 0 Å². The van der Waals surface area contributed by atoms with Gasteiger partial charge in [0.15, 0.2) is 0 Å². The molecule has 0 aliphatic heterocycles. The molecule has 100 valence electrons. The summed E-state index contributed by atoms with van der Waals surface area (Å²) in [6.45, 7) is 4.10. The molecule has 0 aromatic carbocycles. The second-order valence-electron chi connectivity index (χ2n) is 3.74. The molecule has 0 saturated heterocycles. The van der Waals surface area contributed by atoms with Crippen LogP contribution in [-0.2, 0) is 11.3 Å². The third kappa shape index (κ3) is 3.51. The molecule has 0 fully saturated rings. The predicted molar refractivity (Wildman–Crippen MR) is 66.2 cm³/mol. The van der Waals surface area contributed by atoms with E-state index in [4.69, 9.17) is 9.26 Å². The van der Waals surface area contributed by atoms with E-state index >= 15 is 0 Å². The van der Waals surface area contributed by atoms with Crippen molar-refractivity contribution in [1.29, 1.82) is 0 Å². The van der Waals surface area contributed by atoms with Gasteiger partial charge < -0.3 is 14.6 Å². The molecule has 2 aromatic heterocycles. The van der Waals surface area contributed by atoms with Gasteiger partial charge in [0.25, 0.3) is 0 Å². The van der Waals surface area contributed by atoms with Gasteiger partial charge in [0, 0.05) is 24.8 Å². The summed E-state index contributed by atoms with van der Waals surface area (Å²) >= 11 is 0. The highest BCUT2D eigenvalue weighted by Crippen LogP contribution is 2.17. The molecule has 2 heterocycles. The fraction of sp³-hybridized carbons (Fsp3) is 0.333. The number of ether oxygens (including phenoxy) is 1. The second kappa shape index (κ2) is 5.94. The monoisotopic (exact) mass is 262 g/mol. The summed E-state index contributed by atoms with van der Waals surface area (Å²) in [4.78, 5) is 19.0. The third-order valence-corrected chi connectivity index (χ3v) is 2.24. The van der Waals surface area contributed by atoms with Gasteiger partial charge in [-0.15, -0.1) is 0 Å². The SMILES string of the molecule is CCOc1ccc(-c2noc(CNC(C)=O)n2)cn1. The zero-order valence-corrected chi connectivity index (χ0v) is 10.7. The van der Waals surface area contributed by atoms with Crippen molar-refractivity contribution in [3.05, 3.63) is 24.2 Å². The molecule has 0 saturated carbocycles. The molecule has 0 radical (unpaired) electrons. The van der Waals surface area contributed by atoms with Gasteiger partial charge in [-0.1, -0.05) is 5.16 Å². The highest BCUT2D eigenvalue weighted by molar-refractivity contribution is 5.72. The Balaban J connectivity index is 2.07. The highest BCUT2D eigenvalue weighted by Gasteiger charge is 2.09. The summed E-state index contributed by atoms with van der Waals surface area (Å²) in [6.07, 6.45) is 1.61. The largest absolute Gasteiger partial charge is 0.478 e. The molecule has 2 rings (SSSR count). The van der Waals surface area contributed by atoms with Crippen molar-refractivity contribution in [3.63, 3.8) is 0 Å². The Morgan fingerprint density at radius 3 is 2.95 bits per heavy atom. The molecule has 19 heavy (non-hydrogen) atoms. The van der Waals surface area contributed by atoms with Gasteiger partial charge in [0.05, 0.1) is 13.2 Å². The van der Waals surface area contributed by atoms with Crippen LogP contribution in [0.1, 0.15) is 19.7 Å². The topological polar surface area (TPSA) is 90.1 Å². The van der Waals surface area contributed by atoms with Crippen LogP contribution in [-0.4, -0.2) is 27.6 Å². The second-order valence-corrected chi connectivity index (χ2v) is 3.74. The van der Waals surface area contributed by atoms with Crippen LogP contribution in [0.15, 0.2) is 22.9 Å². The minimum atomic E-state index is -0.150. The van der Waals surface area contributed by atoms with E-state index in [1.807, 2.05) is 6.92 Å². The molecule has 0 bridgehead atoms. The van der Waals surface area contributed by atoms with Crippen molar-refractivity contribution in [2.24, 2.45) is 0 Å². The number of amides is 1. The molecule has 7 nitrogen and oxygen atoms in total. The fourth-order valence-corrected chi connectivity index (χ4v) is 1.39. The molecular formula is C12H14N4O3. The quantitative estimate of drug-likeness (QED) is 0.869. The molecule has 1 N–H and O–H groups in total. The first-order valence-electron chi connectivity index (χ1n) is 5.85. The van der Waals surface area contributed by atoms with Crippen molar-refractivity contribution >= 4 is 5.91 Å². The Morgan fingerprint density at radius 2 is 2.32 bits per heavy atom. The minimum absolute atomic E-state index is 0.150. The first-order valence-corrected chi connectivity index (χ1v) is 5.85. The smallest absolute Gasteiger partial charge is 0.246 e. The van der Waals surface area contributed by atoms with Gasteiger partial charge in [0.1, 0.15) is 0 Å². The number of hydrogen-bond acceptors (Lipinski definition) is 6. The average Bonchev–Trinajstić information content (AvgIpc) is 2.86. The molecule has 1 amide bonds. The van der Waals surface area contributed by atoms with Crippen LogP contribution in [0.5, 0.6) is 5.88 Å². The van der Waals surface area contributed by atoms with Gasteiger partial charge in [-0.05, 0) is 13.0 Å². The van der Waals surface area contributed by atoms with Crippen LogP contribution < -0.4 is 10.1 Å². The molecule has 7 heteroatoms. The summed E-state index contributed by atoms with van der Waals surface area (Å²) in [5.74, 6) is 1.17. The molecule has 0 unspecified atom stereocenters. The van der Waals surface area contributed by atoms with Crippen LogP contribution >= 0.6 is 0 Å². The van der Waals surface area contributed by atoms with Crippen LogP contribution in [0.2, 0.25) is 0 Å². The number of rotatable bonds is 5. The van der Waals surface area contributed by atoms with E-state index < -0.39 is 0 Å². The van der Waals surface area contributed by atoms with Crippen molar-refractivity contribution in [2.45, 2.75) is 20.4 Å². The summed E-state index contributed by atoms with van der Waals surface area (Å²) < 4.78 is 10.3. The third-order valence-electron chi connectivity index (χ3n) is 2.24. The molecule has 0 aliphatic carbocycles. The maximum absolute atomic E-state index is 10.8. The fourth-order valence-electron chi connectivity index (χ4n) is 1.39. The first-order chi connectivity index (χ1) is 9.19. The molecule has 2 aromatic rings. The van der Waals surface area contributed by atoms with E-state index in [9.17, 15) is 4.79 Å². The molecule has 0 atom stereocenters. The molecule has 0 spiro atoms. The maximum atomic E-state index is 10.8. The van der Waals surface area contributed by atoms with Crippen molar-refractivity contribution in [1.82, 2.24) is 20.4 Å². The van der Waals surface area contributed by atoms with Crippen molar-refractivity contribution in [3.8, 4) is 17.3 Å². The van der Waals surface area contributed by atoms with Crippen LogP contribution in [0.25, 0.3) is 11.4 Å². The van der Waals surface area contributed by atoms with Crippen molar-refractivity contribution < 1.29 is 14.1 Å². The van der Waals surface area contributed by atoms with Gasteiger partial charge >= 0.3 is 0 Å². The van der Waals surface area contributed by atoms with E-state index in [0.717, 1.165) is 5.56 Å². The summed E-state index contributed by atoms with van der Waals surface area (Å²) in [5.41, 5.74) is 0.723. The standard InChI is InChI=1S/C12H14N4O3/c1-3-18-10-5-4-9(6-14-10)12-15-11(19-16-12)7-13-8(2)17/h4-6H,3,7H2,1-2H3,(H,13,17). The van der Waals surface area contributed by atoms with Gasteiger partial charge in [0.2, 0.25) is 23.5 Å². The first kappa shape index (κ1) is 13.0. The van der Waals surface area contributed by atoms with E-state index in [1.165, 1.54) is 6.92 Å². The maximum Gasteiger partial charge on any atom is 0.246 e. The number of carbonyl (C=O) groups is 1. The number of pyridine rings is 1. The van der Waals surface area contributed by atoms with Crippen LogP contribution in [0, 0.1) is 0 Å². The van der Waals surface area contributed by atoms with Crippen LogP contribution in [0.4, 0.5) is 0 Å². The molecule has 0 aliphatic rings. The Kier molecular flexibility index (Phi) is 4.07. The lowest BCUT2D eigenvalue weighted by molar-refractivity contribution is -0.119. The lowest BCUT2D eigenvalue weighted by Crippen LogP contribution is -2.18. The predicted octanol–water partition coefficient (Wildman–Crippen LogP) is 1.17. The average molecular weight is 262 g/mol.